The second-order valence-corrected chi connectivity index (χ2v) is 7.66. The molecule has 1 atom stereocenters. The number of amides is 1. The fraction of sp³-hybridized carbons (Fsp3) is 0.579. The van der Waals surface area contributed by atoms with Crippen LogP contribution < -0.4 is 5.73 Å². The zero-order valence-electron chi connectivity index (χ0n) is 14.2. The largest absolute Gasteiger partial charge is 0.367 e. The van der Waals surface area contributed by atoms with Crippen LogP contribution in [0.3, 0.4) is 0 Å². The molecule has 1 spiro atoms. The van der Waals surface area contributed by atoms with Gasteiger partial charge in [-0.1, -0.05) is 45.0 Å². The maximum atomic E-state index is 11.3. The number of hydrogen-bond acceptors (Lipinski definition) is 3. The number of primary amides is 1. The molecule has 4 heteroatoms. The van der Waals surface area contributed by atoms with Gasteiger partial charge in [-0.25, -0.2) is 0 Å². The van der Waals surface area contributed by atoms with E-state index in [2.05, 4.69) is 45.0 Å². The van der Waals surface area contributed by atoms with Crippen LogP contribution in [0.5, 0.6) is 0 Å². The molecule has 1 amide bonds. The first-order chi connectivity index (χ1) is 10.8. The second-order valence-electron chi connectivity index (χ2n) is 7.66. The molecule has 1 heterocycles. The van der Waals surface area contributed by atoms with Crippen molar-refractivity contribution in [2.45, 2.75) is 63.8 Å². The van der Waals surface area contributed by atoms with E-state index in [1.165, 1.54) is 17.0 Å². The van der Waals surface area contributed by atoms with Gasteiger partial charge in [0.2, 0.25) is 5.91 Å². The second kappa shape index (κ2) is 5.91. The molecule has 125 valence electrons. The Morgan fingerprint density at radius 2 is 1.96 bits per heavy atom. The molecule has 2 aliphatic rings. The molecule has 2 N–H and O–H groups in total. The van der Waals surface area contributed by atoms with Crippen molar-refractivity contribution in [3.8, 4) is 0 Å². The van der Waals surface area contributed by atoms with Gasteiger partial charge in [0.15, 0.2) is 11.9 Å². The quantitative estimate of drug-likeness (QED) is 0.912. The van der Waals surface area contributed by atoms with Crippen LogP contribution in [0.25, 0.3) is 0 Å². The Morgan fingerprint density at radius 3 is 2.52 bits per heavy atom. The highest BCUT2D eigenvalue weighted by Crippen LogP contribution is 2.43. The van der Waals surface area contributed by atoms with E-state index >= 15 is 0 Å². The van der Waals surface area contributed by atoms with Gasteiger partial charge in [-0.15, -0.1) is 0 Å². The molecule has 1 saturated heterocycles. The summed E-state index contributed by atoms with van der Waals surface area (Å²) in [6, 6.07) is 8.81. The molecule has 4 nitrogen and oxygen atoms in total. The molecule has 0 aromatic heterocycles. The molecule has 1 saturated carbocycles. The molecule has 1 radical (unpaired) electrons. The number of carbonyl (C=O) groups excluding carboxylic acids is 1. The highest BCUT2D eigenvalue weighted by molar-refractivity contribution is 5.79. The van der Waals surface area contributed by atoms with Gasteiger partial charge in [0.05, 0.1) is 6.61 Å². The lowest BCUT2D eigenvalue weighted by Gasteiger charge is -2.35. The van der Waals surface area contributed by atoms with Crippen molar-refractivity contribution < 1.29 is 14.3 Å². The molecule has 1 aromatic carbocycles. The summed E-state index contributed by atoms with van der Waals surface area (Å²) in [5.74, 6) is 0.399. The summed E-state index contributed by atoms with van der Waals surface area (Å²) in [5.41, 5.74) is 8.13. The fourth-order valence-corrected chi connectivity index (χ4v) is 3.38. The standard InChI is InChI=1S/C19H26NO3/c1-18(2,3)15-6-4-5-14(11-15)13-7-9-19(10-8-13)22-12-16(23-19)17(20)21/h4-6,11,16H,7-10,12H2,1-3H3,(H2,20,21). The van der Waals surface area contributed by atoms with Crippen molar-refractivity contribution in [2.24, 2.45) is 5.73 Å². The Bertz CT molecular complexity index is 583. The number of benzene rings is 1. The van der Waals surface area contributed by atoms with Crippen molar-refractivity contribution in [3.05, 3.63) is 41.3 Å². The third kappa shape index (κ3) is 3.43. The number of rotatable bonds is 2. The molecule has 3 rings (SSSR count). The van der Waals surface area contributed by atoms with Crippen LogP contribution in [0.1, 0.15) is 57.6 Å². The maximum absolute atomic E-state index is 11.3. The SMILES string of the molecule is CC(C)(C)c1cccc([C]2CCC3(CC2)OCC(C(N)=O)O3)c1. The Kier molecular flexibility index (Phi) is 4.23. The molecule has 1 aromatic rings. The van der Waals surface area contributed by atoms with Gasteiger partial charge in [-0.2, -0.15) is 0 Å². The molecule has 0 bridgehead atoms. The highest BCUT2D eigenvalue weighted by Gasteiger charge is 2.46. The average Bonchev–Trinajstić information content (AvgIpc) is 2.92. The molecular formula is C19H26NO3. The first-order valence-corrected chi connectivity index (χ1v) is 8.36. The molecule has 23 heavy (non-hydrogen) atoms. The zero-order valence-corrected chi connectivity index (χ0v) is 14.2. The average molecular weight is 316 g/mol. The monoisotopic (exact) mass is 316 g/mol. The van der Waals surface area contributed by atoms with Crippen LogP contribution in [0, 0.1) is 5.92 Å². The zero-order chi connectivity index (χ0) is 16.7. The molecule has 1 aliphatic carbocycles. The van der Waals surface area contributed by atoms with Crippen molar-refractivity contribution in [3.63, 3.8) is 0 Å². The summed E-state index contributed by atoms with van der Waals surface area (Å²) >= 11 is 0. The lowest BCUT2D eigenvalue weighted by Crippen LogP contribution is -2.38. The predicted molar refractivity (Wildman–Crippen MR) is 88.7 cm³/mol. The van der Waals surface area contributed by atoms with E-state index in [1.54, 1.807) is 0 Å². The van der Waals surface area contributed by atoms with E-state index < -0.39 is 17.8 Å². The van der Waals surface area contributed by atoms with Gasteiger partial charge >= 0.3 is 0 Å². The van der Waals surface area contributed by atoms with Gasteiger partial charge in [0.1, 0.15) is 0 Å². The summed E-state index contributed by atoms with van der Waals surface area (Å²) in [7, 11) is 0. The molecular weight excluding hydrogens is 290 g/mol. The van der Waals surface area contributed by atoms with Crippen LogP contribution in [0.4, 0.5) is 0 Å². The van der Waals surface area contributed by atoms with Gasteiger partial charge < -0.3 is 15.2 Å². The van der Waals surface area contributed by atoms with E-state index in [9.17, 15) is 4.79 Å². The van der Waals surface area contributed by atoms with Crippen LogP contribution in [0.2, 0.25) is 0 Å². The minimum atomic E-state index is -0.606. The Morgan fingerprint density at radius 1 is 1.26 bits per heavy atom. The van der Waals surface area contributed by atoms with Gasteiger partial charge in [0.25, 0.3) is 0 Å². The van der Waals surface area contributed by atoms with Crippen LogP contribution >= 0.6 is 0 Å². The van der Waals surface area contributed by atoms with E-state index in [0.29, 0.717) is 0 Å². The molecule has 1 unspecified atom stereocenters. The van der Waals surface area contributed by atoms with E-state index in [-0.39, 0.29) is 12.0 Å². The van der Waals surface area contributed by atoms with Gasteiger partial charge in [0, 0.05) is 18.8 Å². The summed E-state index contributed by atoms with van der Waals surface area (Å²) in [5, 5.41) is 0. The van der Waals surface area contributed by atoms with Crippen LogP contribution in [-0.4, -0.2) is 24.4 Å². The molecule has 1 aliphatic heterocycles. The smallest absolute Gasteiger partial charge is 0.249 e. The van der Waals surface area contributed by atoms with Gasteiger partial charge in [-0.3, -0.25) is 4.79 Å². The minimum Gasteiger partial charge on any atom is -0.367 e. The minimum absolute atomic E-state index is 0.152. The highest BCUT2D eigenvalue weighted by atomic mass is 16.7. The van der Waals surface area contributed by atoms with Crippen LogP contribution in [-0.2, 0) is 19.7 Å². The lowest BCUT2D eigenvalue weighted by atomic mass is 9.78. The number of ether oxygens (including phenoxy) is 2. The maximum Gasteiger partial charge on any atom is 0.249 e. The van der Waals surface area contributed by atoms with Crippen molar-refractivity contribution >= 4 is 5.91 Å². The Labute approximate surface area is 138 Å². The first kappa shape index (κ1) is 16.5. The van der Waals surface area contributed by atoms with E-state index in [1.807, 2.05) is 0 Å². The number of nitrogens with two attached hydrogens (primary N) is 1. The van der Waals surface area contributed by atoms with Crippen molar-refractivity contribution in [1.29, 1.82) is 0 Å². The van der Waals surface area contributed by atoms with Crippen molar-refractivity contribution in [2.75, 3.05) is 6.61 Å². The van der Waals surface area contributed by atoms with Crippen LogP contribution in [0.15, 0.2) is 24.3 Å². The van der Waals surface area contributed by atoms with Gasteiger partial charge in [-0.05, 0) is 29.4 Å². The normalized spacial score (nSPS) is 24.9. The number of carbonyl (C=O) groups is 1. The summed E-state index contributed by atoms with van der Waals surface area (Å²) in [6.07, 6.45) is 2.83. The first-order valence-electron chi connectivity index (χ1n) is 8.36. The lowest BCUT2D eigenvalue weighted by molar-refractivity contribution is -0.186. The Balaban J connectivity index is 1.67. The number of hydrogen-bond donors (Lipinski definition) is 1. The van der Waals surface area contributed by atoms with E-state index in [4.69, 9.17) is 15.2 Å². The summed E-state index contributed by atoms with van der Waals surface area (Å²) in [6.45, 7) is 6.98. The summed E-state index contributed by atoms with van der Waals surface area (Å²) in [4.78, 5) is 11.3. The van der Waals surface area contributed by atoms with Crippen molar-refractivity contribution in [1.82, 2.24) is 0 Å². The Hall–Kier alpha value is -1.39. The van der Waals surface area contributed by atoms with E-state index in [0.717, 1.165) is 25.7 Å². The predicted octanol–water partition coefficient (Wildman–Crippen LogP) is 3.08. The third-order valence-corrected chi connectivity index (χ3v) is 4.92. The third-order valence-electron chi connectivity index (χ3n) is 4.92. The fourth-order valence-electron chi connectivity index (χ4n) is 3.38. The topological polar surface area (TPSA) is 61.5 Å². The summed E-state index contributed by atoms with van der Waals surface area (Å²) < 4.78 is 11.6. The molecule has 2 fully saturated rings.